The van der Waals surface area contributed by atoms with Gasteiger partial charge in [-0.3, -0.25) is 9.59 Å². The van der Waals surface area contributed by atoms with Gasteiger partial charge in [0.25, 0.3) is 0 Å². The maximum Gasteiger partial charge on any atom is 0.228 e. The van der Waals surface area contributed by atoms with E-state index in [9.17, 15) is 14.0 Å². The van der Waals surface area contributed by atoms with Crippen LogP contribution in [0.2, 0.25) is 0 Å². The number of nitrogens with zero attached hydrogens (tertiary/aromatic N) is 3. The van der Waals surface area contributed by atoms with Crippen LogP contribution in [0.25, 0.3) is 0 Å². The first kappa shape index (κ1) is 21.2. The van der Waals surface area contributed by atoms with Crippen molar-refractivity contribution in [2.24, 2.45) is 5.92 Å². The molecule has 0 aromatic heterocycles. The normalized spacial score (nSPS) is 19.3. The summed E-state index contributed by atoms with van der Waals surface area (Å²) >= 11 is 0. The van der Waals surface area contributed by atoms with Gasteiger partial charge >= 0.3 is 0 Å². The van der Waals surface area contributed by atoms with E-state index in [1.54, 1.807) is 21.9 Å². The summed E-state index contributed by atoms with van der Waals surface area (Å²) in [6.07, 6.45) is 0.302. The molecule has 0 unspecified atom stereocenters. The Labute approximate surface area is 182 Å². The van der Waals surface area contributed by atoms with Gasteiger partial charge in [-0.05, 0) is 50.2 Å². The molecule has 2 amide bonds. The predicted octanol–water partition coefficient (Wildman–Crippen LogP) is 3.31. The van der Waals surface area contributed by atoms with Crippen molar-refractivity contribution in [2.45, 2.75) is 26.4 Å². The van der Waals surface area contributed by atoms with Gasteiger partial charge in [-0.2, -0.15) is 0 Å². The van der Waals surface area contributed by atoms with Crippen molar-refractivity contribution in [2.75, 3.05) is 42.5 Å². The van der Waals surface area contributed by atoms with E-state index in [-0.39, 0.29) is 36.1 Å². The smallest absolute Gasteiger partial charge is 0.228 e. The number of hydrogen-bond acceptors (Lipinski definition) is 4. The molecule has 1 atom stereocenters. The summed E-state index contributed by atoms with van der Waals surface area (Å²) in [7, 11) is 0. The number of ether oxygens (including phenoxy) is 1. The van der Waals surface area contributed by atoms with Crippen molar-refractivity contribution < 1.29 is 18.7 Å². The van der Waals surface area contributed by atoms with E-state index in [1.807, 2.05) is 49.1 Å². The Kier molecular flexibility index (Phi) is 6.11. The van der Waals surface area contributed by atoms with E-state index in [1.165, 1.54) is 6.07 Å². The molecule has 2 saturated heterocycles. The van der Waals surface area contributed by atoms with Crippen LogP contribution in [0.15, 0.2) is 48.5 Å². The minimum atomic E-state index is -0.348. The molecule has 0 spiro atoms. The zero-order valence-electron chi connectivity index (χ0n) is 18.0. The Morgan fingerprint density at radius 2 is 1.71 bits per heavy atom. The van der Waals surface area contributed by atoms with Gasteiger partial charge in [0.2, 0.25) is 11.8 Å². The third kappa shape index (κ3) is 4.65. The van der Waals surface area contributed by atoms with Gasteiger partial charge in [0.15, 0.2) is 0 Å². The minimum absolute atomic E-state index is 0.00351. The number of carbonyl (C=O) groups is 2. The number of halogens is 1. The van der Waals surface area contributed by atoms with Crippen LogP contribution in [0.1, 0.15) is 20.3 Å². The van der Waals surface area contributed by atoms with Crippen molar-refractivity contribution >= 4 is 23.2 Å². The first-order valence-corrected chi connectivity index (χ1v) is 10.8. The zero-order chi connectivity index (χ0) is 22.0. The summed E-state index contributed by atoms with van der Waals surface area (Å²) in [4.78, 5) is 31.1. The molecule has 2 aliphatic heterocycles. The fourth-order valence-corrected chi connectivity index (χ4v) is 4.23. The second-order valence-electron chi connectivity index (χ2n) is 8.33. The van der Waals surface area contributed by atoms with Gasteiger partial charge < -0.3 is 19.4 Å². The van der Waals surface area contributed by atoms with Crippen molar-refractivity contribution in [3.8, 4) is 5.75 Å². The Morgan fingerprint density at radius 1 is 1.03 bits per heavy atom. The molecule has 0 saturated carbocycles. The molecule has 0 N–H and O–H groups in total. The average Bonchev–Trinajstić information content (AvgIpc) is 3.15. The van der Waals surface area contributed by atoms with Crippen LogP contribution in [0.3, 0.4) is 0 Å². The first-order valence-electron chi connectivity index (χ1n) is 10.8. The Hall–Kier alpha value is -3.09. The molecule has 6 nitrogen and oxygen atoms in total. The van der Waals surface area contributed by atoms with Gasteiger partial charge in [0, 0.05) is 44.8 Å². The van der Waals surface area contributed by atoms with E-state index in [4.69, 9.17) is 4.74 Å². The fourth-order valence-electron chi connectivity index (χ4n) is 4.23. The van der Waals surface area contributed by atoms with Crippen LogP contribution in [-0.4, -0.2) is 55.5 Å². The number of rotatable bonds is 5. The second kappa shape index (κ2) is 8.96. The molecule has 2 heterocycles. The third-order valence-corrected chi connectivity index (χ3v) is 5.78. The molecular formula is C24H28FN3O3. The maximum atomic E-state index is 14.0. The van der Waals surface area contributed by atoms with Crippen molar-refractivity contribution in [3.63, 3.8) is 0 Å². The molecule has 2 fully saturated rings. The molecule has 2 aromatic rings. The van der Waals surface area contributed by atoms with Crippen LogP contribution in [0.5, 0.6) is 5.75 Å². The number of carbonyl (C=O) groups excluding carboxylic acids is 2. The number of amides is 2. The molecule has 0 bridgehead atoms. The second-order valence-corrected chi connectivity index (χ2v) is 8.33. The first-order chi connectivity index (χ1) is 14.9. The highest BCUT2D eigenvalue weighted by Crippen LogP contribution is 2.29. The van der Waals surface area contributed by atoms with Crippen molar-refractivity contribution in [1.29, 1.82) is 0 Å². The van der Waals surface area contributed by atoms with E-state index >= 15 is 0 Å². The minimum Gasteiger partial charge on any atom is -0.491 e. The van der Waals surface area contributed by atoms with E-state index in [0.29, 0.717) is 38.4 Å². The lowest BCUT2D eigenvalue weighted by molar-refractivity contribution is -0.136. The SMILES string of the molecule is CC(C)Oc1ccc(N2C[C@H](C(=O)N3CCN(c4ccccc4F)CC3)CC2=O)cc1. The fraction of sp³-hybridized carbons (Fsp3) is 0.417. The van der Waals surface area contributed by atoms with Crippen LogP contribution < -0.4 is 14.5 Å². The lowest BCUT2D eigenvalue weighted by Crippen LogP contribution is -2.51. The van der Waals surface area contributed by atoms with Gasteiger partial charge in [0.1, 0.15) is 11.6 Å². The highest BCUT2D eigenvalue weighted by atomic mass is 19.1. The van der Waals surface area contributed by atoms with E-state index in [0.717, 1.165) is 11.4 Å². The highest BCUT2D eigenvalue weighted by molar-refractivity contribution is 6.00. The van der Waals surface area contributed by atoms with Crippen molar-refractivity contribution in [1.82, 2.24) is 4.90 Å². The predicted molar refractivity (Wildman–Crippen MR) is 118 cm³/mol. The summed E-state index contributed by atoms with van der Waals surface area (Å²) in [6.45, 7) is 6.52. The van der Waals surface area contributed by atoms with Crippen LogP contribution in [0.4, 0.5) is 15.8 Å². The number of hydrogen-bond donors (Lipinski definition) is 0. The monoisotopic (exact) mass is 425 g/mol. The van der Waals surface area contributed by atoms with Crippen molar-refractivity contribution in [3.05, 3.63) is 54.3 Å². The average molecular weight is 426 g/mol. The van der Waals surface area contributed by atoms with Gasteiger partial charge in [-0.25, -0.2) is 4.39 Å². The molecule has 2 aliphatic rings. The quantitative estimate of drug-likeness (QED) is 0.738. The molecule has 7 heteroatoms. The molecule has 2 aromatic carbocycles. The topological polar surface area (TPSA) is 53.1 Å². The Balaban J connectivity index is 1.35. The third-order valence-electron chi connectivity index (χ3n) is 5.78. The summed E-state index contributed by atoms with van der Waals surface area (Å²) in [5.74, 6) is 0.124. The van der Waals surface area contributed by atoms with Gasteiger partial charge in [-0.1, -0.05) is 12.1 Å². The number of anilines is 2. The summed E-state index contributed by atoms with van der Waals surface area (Å²) in [5, 5.41) is 0. The van der Waals surface area contributed by atoms with Crippen LogP contribution >= 0.6 is 0 Å². The molecule has 31 heavy (non-hydrogen) atoms. The van der Waals surface area contributed by atoms with Gasteiger partial charge in [-0.15, -0.1) is 0 Å². The maximum absolute atomic E-state index is 14.0. The molecular weight excluding hydrogens is 397 g/mol. The number of para-hydroxylation sites is 1. The van der Waals surface area contributed by atoms with E-state index < -0.39 is 0 Å². The summed E-state index contributed by atoms with van der Waals surface area (Å²) < 4.78 is 19.7. The van der Waals surface area contributed by atoms with Gasteiger partial charge in [0.05, 0.1) is 17.7 Å². The number of piperazine rings is 1. The largest absolute Gasteiger partial charge is 0.491 e. The van der Waals surface area contributed by atoms with Crippen LogP contribution in [0, 0.1) is 11.7 Å². The van der Waals surface area contributed by atoms with Crippen LogP contribution in [-0.2, 0) is 9.59 Å². The Bertz CT molecular complexity index is 939. The molecule has 0 radical (unpaired) electrons. The zero-order valence-corrected chi connectivity index (χ0v) is 18.0. The molecule has 4 rings (SSSR count). The lowest BCUT2D eigenvalue weighted by Gasteiger charge is -2.37. The number of benzene rings is 2. The summed E-state index contributed by atoms with van der Waals surface area (Å²) in [5.41, 5.74) is 1.35. The molecule has 0 aliphatic carbocycles. The summed E-state index contributed by atoms with van der Waals surface area (Å²) in [6, 6.07) is 14.1. The highest BCUT2D eigenvalue weighted by Gasteiger charge is 2.38. The van der Waals surface area contributed by atoms with E-state index in [2.05, 4.69) is 0 Å². The standard InChI is InChI=1S/C24H28FN3O3/c1-17(2)31-20-9-7-19(8-10-20)28-16-18(15-23(28)29)24(30)27-13-11-26(12-14-27)22-6-4-3-5-21(22)25/h3-10,17-18H,11-16H2,1-2H3/t18-/m1/s1. The molecule has 164 valence electrons. The Morgan fingerprint density at radius 3 is 2.35 bits per heavy atom. The lowest BCUT2D eigenvalue weighted by atomic mass is 10.1.